The van der Waals surface area contributed by atoms with Crippen LogP contribution in [0.4, 0.5) is 0 Å². The summed E-state index contributed by atoms with van der Waals surface area (Å²) in [5, 5.41) is 0. The molecule has 15 heavy (non-hydrogen) atoms. The van der Waals surface area contributed by atoms with Crippen molar-refractivity contribution in [3.63, 3.8) is 0 Å². The summed E-state index contributed by atoms with van der Waals surface area (Å²) in [6.07, 6.45) is 0.696. The van der Waals surface area contributed by atoms with E-state index in [1.807, 2.05) is 6.92 Å². The van der Waals surface area contributed by atoms with Gasteiger partial charge in [0.25, 0.3) is 0 Å². The molecule has 0 aliphatic heterocycles. The van der Waals surface area contributed by atoms with Crippen molar-refractivity contribution in [1.29, 1.82) is 0 Å². The van der Waals surface area contributed by atoms with Crippen LogP contribution in [0.2, 0.25) is 0 Å². The molecule has 2 N–H and O–H groups in total. The lowest BCUT2D eigenvalue weighted by Crippen LogP contribution is -2.11. The highest BCUT2D eigenvalue weighted by Gasteiger charge is 2.12. The number of ether oxygens (including phenoxy) is 1. The predicted octanol–water partition coefficient (Wildman–Crippen LogP) is 1.28. The molecule has 82 valence electrons. The lowest BCUT2D eigenvalue weighted by Gasteiger charge is -2.07. The molecule has 0 aromatic carbocycles. The minimum absolute atomic E-state index is 0.314. The van der Waals surface area contributed by atoms with E-state index in [1.165, 1.54) is 0 Å². The second-order valence-electron chi connectivity index (χ2n) is 3.07. The number of hydrogen-bond donors (Lipinski definition) is 1. The highest BCUT2D eigenvalue weighted by molar-refractivity contribution is 5.90. The molecule has 4 heteroatoms. The first-order valence-electron chi connectivity index (χ1n) is 5.08. The molecule has 0 aliphatic carbocycles. The van der Waals surface area contributed by atoms with E-state index in [9.17, 15) is 4.79 Å². The molecule has 0 fully saturated rings. The molecule has 0 radical (unpaired) electrons. The van der Waals surface area contributed by atoms with Crippen molar-refractivity contribution >= 4 is 5.97 Å². The van der Waals surface area contributed by atoms with Crippen LogP contribution in [0.5, 0.6) is 0 Å². The molecule has 0 saturated carbocycles. The fraction of sp³-hybridized carbons (Fsp3) is 0.455. The quantitative estimate of drug-likeness (QED) is 0.757. The molecule has 1 heterocycles. The van der Waals surface area contributed by atoms with Gasteiger partial charge in [-0.15, -0.1) is 0 Å². The van der Waals surface area contributed by atoms with Crippen molar-refractivity contribution < 1.29 is 9.53 Å². The van der Waals surface area contributed by atoms with Gasteiger partial charge in [-0.3, -0.25) is 4.98 Å². The Morgan fingerprint density at radius 2 is 2.20 bits per heavy atom. The van der Waals surface area contributed by atoms with Crippen molar-refractivity contribution in [1.82, 2.24) is 4.98 Å². The average molecular weight is 208 g/mol. The first-order chi connectivity index (χ1) is 7.22. The van der Waals surface area contributed by atoms with Gasteiger partial charge in [0.15, 0.2) is 0 Å². The summed E-state index contributed by atoms with van der Waals surface area (Å²) in [5.41, 5.74) is 7.56. The fourth-order valence-corrected chi connectivity index (χ4v) is 1.32. The van der Waals surface area contributed by atoms with Crippen LogP contribution in [-0.4, -0.2) is 17.6 Å². The molecule has 0 spiro atoms. The zero-order valence-corrected chi connectivity index (χ0v) is 9.12. The van der Waals surface area contributed by atoms with E-state index in [4.69, 9.17) is 10.5 Å². The Kier molecular flexibility index (Phi) is 4.24. The minimum Gasteiger partial charge on any atom is -0.462 e. The first kappa shape index (κ1) is 11.7. The van der Waals surface area contributed by atoms with Crippen molar-refractivity contribution in [2.24, 2.45) is 5.73 Å². The number of carbonyl (C=O) groups excluding carboxylic acids is 1. The summed E-state index contributed by atoms with van der Waals surface area (Å²) in [6, 6.07) is 3.48. The second-order valence-corrected chi connectivity index (χ2v) is 3.07. The Morgan fingerprint density at radius 1 is 1.47 bits per heavy atom. The van der Waals surface area contributed by atoms with Crippen molar-refractivity contribution in [3.05, 3.63) is 29.1 Å². The third kappa shape index (κ3) is 2.76. The molecular weight excluding hydrogens is 192 g/mol. The second kappa shape index (κ2) is 5.46. The van der Waals surface area contributed by atoms with Crippen LogP contribution in [0.3, 0.4) is 0 Å². The first-order valence-corrected chi connectivity index (χ1v) is 5.08. The molecule has 1 aromatic rings. The summed E-state index contributed by atoms with van der Waals surface area (Å²) in [5.74, 6) is -0.314. The normalized spacial score (nSPS) is 10.1. The minimum atomic E-state index is -0.314. The Labute approximate surface area is 89.5 Å². The molecule has 0 atom stereocenters. The molecular formula is C11H16N2O2. The lowest BCUT2D eigenvalue weighted by molar-refractivity contribution is 0.0524. The van der Waals surface area contributed by atoms with E-state index in [0.29, 0.717) is 25.1 Å². The third-order valence-electron chi connectivity index (χ3n) is 2.07. The Hall–Kier alpha value is -1.42. The van der Waals surface area contributed by atoms with Gasteiger partial charge in [-0.05, 0) is 25.5 Å². The van der Waals surface area contributed by atoms with E-state index in [-0.39, 0.29) is 5.97 Å². The number of pyridine rings is 1. The zero-order valence-electron chi connectivity index (χ0n) is 9.12. The third-order valence-corrected chi connectivity index (χ3v) is 2.07. The summed E-state index contributed by atoms with van der Waals surface area (Å²) in [7, 11) is 0. The number of esters is 1. The number of carbonyl (C=O) groups is 1. The largest absolute Gasteiger partial charge is 0.462 e. The molecule has 0 bridgehead atoms. The van der Waals surface area contributed by atoms with Crippen LogP contribution in [0.25, 0.3) is 0 Å². The Balaban J connectivity index is 3.02. The van der Waals surface area contributed by atoms with Crippen LogP contribution in [0.1, 0.15) is 35.6 Å². The van der Waals surface area contributed by atoms with E-state index >= 15 is 0 Å². The smallest absolute Gasteiger partial charge is 0.339 e. The maximum atomic E-state index is 11.5. The standard InChI is InChI=1S/C11H16N2O2/c1-3-10-9(11(14)15-4-2)6-5-8(7-12)13-10/h5-6H,3-4,7,12H2,1-2H3. The van der Waals surface area contributed by atoms with Crippen LogP contribution in [0.15, 0.2) is 12.1 Å². The average Bonchev–Trinajstić information content (AvgIpc) is 2.28. The van der Waals surface area contributed by atoms with Gasteiger partial charge >= 0.3 is 5.97 Å². The van der Waals surface area contributed by atoms with Gasteiger partial charge in [-0.25, -0.2) is 4.79 Å². The molecule has 1 aromatic heterocycles. The lowest BCUT2D eigenvalue weighted by atomic mass is 10.1. The summed E-state index contributed by atoms with van der Waals surface area (Å²) in [6.45, 7) is 4.49. The fourth-order valence-electron chi connectivity index (χ4n) is 1.32. The number of rotatable bonds is 4. The SMILES string of the molecule is CCOC(=O)c1ccc(CN)nc1CC. The molecule has 0 unspecified atom stereocenters. The Morgan fingerprint density at radius 3 is 2.73 bits per heavy atom. The van der Waals surface area contributed by atoms with E-state index in [1.54, 1.807) is 19.1 Å². The predicted molar refractivity (Wildman–Crippen MR) is 57.5 cm³/mol. The summed E-state index contributed by atoms with van der Waals surface area (Å²) in [4.78, 5) is 15.8. The van der Waals surface area contributed by atoms with Crippen molar-refractivity contribution in [2.75, 3.05) is 6.61 Å². The maximum Gasteiger partial charge on any atom is 0.339 e. The van der Waals surface area contributed by atoms with Gasteiger partial charge in [-0.1, -0.05) is 6.92 Å². The van der Waals surface area contributed by atoms with Crippen LogP contribution in [-0.2, 0) is 17.7 Å². The highest BCUT2D eigenvalue weighted by Crippen LogP contribution is 2.10. The van der Waals surface area contributed by atoms with Crippen molar-refractivity contribution in [2.45, 2.75) is 26.8 Å². The number of aromatic nitrogens is 1. The maximum absolute atomic E-state index is 11.5. The van der Waals surface area contributed by atoms with E-state index < -0.39 is 0 Å². The van der Waals surface area contributed by atoms with Crippen LogP contribution < -0.4 is 5.73 Å². The van der Waals surface area contributed by atoms with Crippen molar-refractivity contribution in [3.8, 4) is 0 Å². The summed E-state index contributed by atoms with van der Waals surface area (Å²) < 4.78 is 4.93. The summed E-state index contributed by atoms with van der Waals surface area (Å²) >= 11 is 0. The molecule has 0 saturated heterocycles. The van der Waals surface area contributed by atoms with E-state index in [2.05, 4.69) is 4.98 Å². The topological polar surface area (TPSA) is 65.2 Å². The Bertz CT molecular complexity index is 350. The van der Waals surface area contributed by atoms with E-state index in [0.717, 1.165) is 11.4 Å². The number of hydrogen-bond acceptors (Lipinski definition) is 4. The van der Waals surface area contributed by atoms with Gasteiger partial charge in [0, 0.05) is 6.54 Å². The molecule has 1 rings (SSSR count). The monoisotopic (exact) mass is 208 g/mol. The number of nitrogens with two attached hydrogens (primary N) is 1. The van der Waals surface area contributed by atoms with Gasteiger partial charge < -0.3 is 10.5 Å². The molecule has 4 nitrogen and oxygen atoms in total. The number of nitrogens with zero attached hydrogens (tertiary/aromatic N) is 1. The molecule has 0 aliphatic rings. The van der Waals surface area contributed by atoms with Gasteiger partial charge in [-0.2, -0.15) is 0 Å². The van der Waals surface area contributed by atoms with Gasteiger partial charge in [0.1, 0.15) is 0 Å². The van der Waals surface area contributed by atoms with Gasteiger partial charge in [0.05, 0.1) is 23.6 Å². The van der Waals surface area contributed by atoms with Crippen LogP contribution >= 0.6 is 0 Å². The highest BCUT2D eigenvalue weighted by atomic mass is 16.5. The van der Waals surface area contributed by atoms with Crippen LogP contribution in [0, 0.1) is 0 Å². The zero-order chi connectivity index (χ0) is 11.3. The number of aryl methyl sites for hydroxylation is 1. The molecule has 0 amide bonds. The van der Waals surface area contributed by atoms with Gasteiger partial charge in [0.2, 0.25) is 0 Å².